The Labute approximate surface area is 81.1 Å². The molecule has 0 bridgehead atoms. The molecule has 1 rings (SSSR count). The van der Waals surface area contributed by atoms with Crippen LogP contribution in [0.15, 0.2) is 12.1 Å². The van der Waals surface area contributed by atoms with Crippen LogP contribution in [0.1, 0.15) is 17.3 Å². The predicted octanol–water partition coefficient (Wildman–Crippen LogP) is 2.23. The fourth-order valence-corrected chi connectivity index (χ4v) is 1.19. The number of Topliss-reactive ketones (excluding diaryl/α,β-unsaturated/α-hetero) is 1. The molecule has 0 saturated heterocycles. The van der Waals surface area contributed by atoms with Gasteiger partial charge in [-0.15, -0.1) is 0 Å². The number of carbonyl (C=O) groups excluding carboxylic acids is 1. The lowest BCUT2D eigenvalue weighted by atomic mass is 10.1. The van der Waals surface area contributed by atoms with E-state index in [1.165, 1.54) is 6.92 Å². The van der Waals surface area contributed by atoms with E-state index in [0.717, 1.165) is 12.1 Å². The van der Waals surface area contributed by atoms with Gasteiger partial charge in [0.15, 0.2) is 17.4 Å². The first-order chi connectivity index (χ1) is 6.43. The Morgan fingerprint density at radius 1 is 1.21 bits per heavy atom. The molecule has 0 N–H and O–H groups in total. The highest BCUT2D eigenvalue weighted by molar-refractivity contribution is 5.99. The van der Waals surface area contributed by atoms with Gasteiger partial charge >= 0.3 is 0 Å². The van der Waals surface area contributed by atoms with E-state index in [1.807, 2.05) is 0 Å². The summed E-state index contributed by atoms with van der Waals surface area (Å²) >= 11 is 0. The van der Waals surface area contributed by atoms with Crippen molar-refractivity contribution in [1.29, 1.82) is 0 Å². The van der Waals surface area contributed by atoms with Crippen molar-refractivity contribution in [2.24, 2.45) is 0 Å². The van der Waals surface area contributed by atoms with E-state index in [-0.39, 0.29) is 11.3 Å². The highest BCUT2D eigenvalue weighted by Crippen LogP contribution is 2.22. The van der Waals surface area contributed by atoms with E-state index in [9.17, 15) is 13.6 Å². The minimum Gasteiger partial charge on any atom is -0.377 e. The van der Waals surface area contributed by atoms with E-state index in [1.54, 1.807) is 19.0 Å². The predicted molar refractivity (Wildman–Crippen MR) is 50.7 cm³/mol. The highest BCUT2D eigenvalue weighted by Gasteiger charge is 2.13. The topological polar surface area (TPSA) is 20.3 Å². The van der Waals surface area contributed by atoms with Gasteiger partial charge in [0, 0.05) is 25.7 Å². The van der Waals surface area contributed by atoms with Crippen molar-refractivity contribution < 1.29 is 13.6 Å². The smallest absolute Gasteiger partial charge is 0.161 e. The molecule has 0 atom stereocenters. The molecule has 14 heavy (non-hydrogen) atoms. The van der Waals surface area contributed by atoms with Crippen molar-refractivity contribution in [1.82, 2.24) is 0 Å². The van der Waals surface area contributed by atoms with Gasteiger partial charge in [-0.3, -0.25) is 4.79 Å². The molecule has 0 spiro atoms. The Morgan fingerprint density at radius 3 is 2.14 bits per heavy atom. The molecule has 0 aromatic heterocycles. The van der Waals surface area contributed by atoms with E-state index in [2.05, 4.69) is 0 Å². The average Bonchev–Trinajstić information content (AvgIpc) is 2.08. The zero-order chi connectivity index (χ0) is 10.9. The monoisotopic (exact) mass is 199 g/mol. The Kier molecular flexibility index (Phi) is 2.84. The van der Waals surface area contributed by atoms with E-state index in [0.29, 0.717) is 5.69 Å². The summed E-state index contributed by atoms with van der Waals surface area (Å²) < 4.78 is 25.7. The van der Waals surface area contributed by atoms with Gasteiger partial charge in [-0.1, -0.05) is 0 Å². The summed E-state index contributed by atoms with van der Waals surface area (Å²) in [5.74, 6) is -2.23. The van der Waals surface area contributed by atoms with Gasteiger partial charge in [0.05, 0.1) is 5.69 Å². The first-order valence-corrected chi connectivity index (χ1v) is 4.10. The number of halogens is 2. The average molecular weight is 199 g/mol. The Morgan fingerprint density at radius 2 is 1.71 bits per heavy atom. The molecule has 0 unspecified atom stereocenters. The fraction of sp³-hybridized carbons (Fsp3) is 0.300. The summed E-state index contributed by atoms with van der Waals surface area (Å²) in [4.78, 5) is 12.7. The maximum atomic E-state index is 12.9. The Hall–Kier alpha value is -1.45. The molecule has 1 aromatic carbocycles. The molecule has 0 saturated carbocycles. The Bertz CT molecular complexity index is 375. The third kappa shape index (κ3) is 1.89. The first-order valence-electron chi connectivity index (χ1n) is 4.10. The number of ketones is 1. The number of nitrogens with zero attached hydrogens (tertiary/aromatic N) is 1. The van der Waals surface area contributed by atoms with Crippen LogP contribution in [0, 0.1) is 11.6 Å². The summed E-state index contributed by atoms with van der Waals surface area (Å²) in [7, 11) is 3.33. The molecular weight excluding hydrogens is 188 g/mol. The number of rotatable bonds is 2. The normalized spacial score (nSPS) is 10.1. The van der Waals surface area contributed by atoms with Gasteiger partial charge in [-0.2, -0.15) is 0 Å². The molecule has 0 aliphatic heterocycles. The quantitative estimate of drug-likeness (QED) is 0.681. The van der Waals surface area contributed by atoms with Crippen molar-refractivity contribution in [2.75, 3.05) is 19.0 Å². The van der Waals surface area contributed by atoms with Crippen molar-refractivity contribution in [3.63, 3.8) is 0 Å². The number of benzene rings is 1. The van der Waals surface area contributed by atoms with E-state index >= 15 is 0 Å². The van der Waals surface area contributed by atoms with Crippen LogP contribution in [0.3, 0.4) is 0 Å². The molecular formula is C10H11F2NO. The van der Waals surface area contributed by atoms with Gasteiger partial charge in [-0.25, -0.2) is 8.78 Å². The lowest BCUT2D eigenvalue weighted by molar-refractivity contribution is 0.101. The second-order valence-corrected chi connectivity index (χ2v) is 3.23. The number of anilines is 1. The van der Waals surface area contributed by atoms with Gasteiger partial charge in [-0.05, 0) is 13.0 Å². The van der Waals surface area contributed by atoms with Crippen LogP contribution in [0.25, 0.3) is 0 Å². The zero-order valence-corrected chi connectivity index (χ0v) is 8.27. The second kappa shape index (κ2) is 3.74. The van der Waals surface area contributed by atoms with Crippen molar-refractivity contribution in [2.45, 2.75) is 6.92 Å². The van der Waals surface area contributed by atoms with Crippen LogP contribution in [0.4, 0.5) is 14.5 Å². The van der Waals surface area contributed by atoms with Crippen LogP contribution in [0.5, 0.6) is 0 Å². The molecule has 2 nitrogen and oxygen atoms in total. The minimum absolute atomic E-state index is 0.189. The van der Waals surface area contributed by atoms with Crippen molar-refractivity contribution in [3.05, 3.63) is 29.3 Å². The van der Waals surface area contributed by atoms with Crippen LogP contribution in [0.2, 0.25) is 0 Å². The summed E-state index contributed by atoms with van der Waals surface area (Å²) in [5.41, 5.74) is 0.574. The maximum Gasteiger partial charge on any atom is 0.161 e. The summed E-state index contributed by atoms with van der Waals surface area (Å²) in [6.07, 6.45) is 0. The van der Waals surface area contributed by atoms with Crippen molar-refractivity contribution >= 4 is 11.5 Å². The summed E-state index contributed by atoms with van der Waals surface area (Å²) in [6.45, 7) is 1.32. The fourth-order valence-electron chi connectivity index (χ4n) is 1.19. The first kappa shape index (κ1) is 10.6. The van der Waals surface area contributed by atoms with Gasteiger partial charge < -0.3 is 4.90 Å². The number of carbonyl (C=O) groups is 1. The second-order valence-electron chi connectivity index (χ2n) is 3.23. The lowest BCUT2D eigenvalue weighted by Gasteiger charge is -2.16. The molecule has 0 aliphatic carbocycles. The minimum atomic E-state index is -0.999. The largest absolute Gasteiger partial charge is 0.377 e. The van der Waals surface area contributed by atoms with Crippen LogP contribution < -0.4 is 4.90 Å². The van der Waals surface area contributed by atoms with Crippen LogP contribution >= 0.6 is 0 Å². The molecule has 1 aromatic rings. The molecule has 4 heteroatoms. The standard InChI is InChI=1S/C10H11F2NO/c1-6(14)7-4-8(11)9(12)5-10(7)13(2)3/h4-5H,1-3H3. The number of hydrogen-bond acceptors (Lipinski definition) is 2. The lowest BCUT2D eigenvalue weighted by Crippen LogP contribution is -2.14. The SMILES string of the molecule is CC(=O)c1cc(F)c(F)cc1N(C)C. The van der Waals surface area contributed by atoms with Crippen LogP contribution in [-0.4, -0.2) is 19.9 Å². The Balaban J connectivity index is 3.39. The maximum absolute atomic E-state index is 12.9. The van der Waals surface area contributed by atoms with Crippen LogP contribution in [-0.2, 0) is 0 Å². The molecule has 0 radical (unpaired) electrons. The van der Waals surface area contributed by atoms with E-state index in [4.69, 9.17) is 0 Å². The van der Waals surface area contributed by atoms with Gasteiger partial charge in [0.25, 0.3) is 0 Å². The molecule has 76 valence electrons. The summed E-state index contributed by atoms with van der Waals surface area (Å²) in [5, 5.41) is 0. The third-order valence-electron chi connectivity index (χ3n) is 1.90. The van der Waals surface area contributed by atoms with Crippen molar-refractivity contribution in [3.8, 4) is 0 Å². The third-order valence-corrected chi connectivity index (χ3v) is 1.90. The summed E-state index contributed by atoms with van der Waals surface area (Å²) in [6, 6.07) is 1.94. The highest BCUT2D eigenvalue weighted by atomic mass is 19.2. The van der Waals surface area contributed by atoms with Gasteiger partial charge in [0.2, 0.25) is 0 Å². The molecule has 0 fully saturated rings. The molecule has 0 aliphatic rings. The van der Waals surface area contributed by atoms with E-state index < -0.39 is 11.6 Å². The molecule has 0 heterocycles. The number of hydrogen-bond donors (Lipinski definition) is 0. The molecule has 0 amide bonds. The van der Waals surface area contributed by atoms with Gasteiger partial charge in [0.1, 0.15) is 0 Å². The zero-order valence-electron chi connectivity index (χ0n) is 8.27.